The zero-order valence-electron chi connectivity index (χ0n) is 12.1. The summed E-state index contributed by atoms with van der Waals surface area (Å²) in [7, 11) is 0. The van der Waals surface area contributed by atoms with E-state index < -0.39 is 5.91 Å². The minimum atomic E-state index is -0.555. The van der Waals surface area contributed by atoms with Crippen LogP contribution >= 0.6 is 0 Å². The van der Waals surface area contributed by atoms with Crippen molar-refractivity contribution >= 4 is 23.3 Å². The van der Waals surface area contributed by atoms with Gasteiger partial charge in [0.15, 0.2) is 19.0 Å². The van der Waals surface area contributed by atoms with Crippen molar-refractivity contribution in [3.05, 3.63) is 53.9 Å². The summed E-state index contributed by atoms with van der Waals surface area (Å²) in [5.41, 5.74) is 6.46. The summed E-state index contributed by atoms with van der Waals surface area (Å²) < 4.78 is 6.83. The second kappa shape index (κ2) is 5.88. The molecule has 1 aromatic carbocycles. The number of pyridine rings is 1. The molecule has 0 saturated heterocycles. The van der Waals surface area contributed by atoms with Crippen molar-refractivity contribution in [3.8, 4) is 5.75 Å². The van der Waals surface area contributed by atoms with Gasteiger partial charge in [-0.15, -0.1) is 0 Å². The average Bonchev–Trinajstić information content (AvgIpc) is 2.54. The number of benzene rings is 1. The number of nitrogens with two attached hydrogens (primary N) is 1. The fourth-order valence-corrected chi connectivity index (χ4v) is 2.28. The third-order valence-electron chi connectivity index (χ3n) is 3.40. The fraction of sp³-hybridized carbons (Fsp3) is 0.125. The number of nitrogens with zero attached hydrogens (tertiary/aromatic N) is 1. The molecule has 0 bridgehead atoms. The molecule has 0 radical (unpaired) electrons. The van der Waals surface area contributed by atoms with E-state index >= 15 is 0 Å². The highest BCUT2D eigenvalue weighted by Gasteiger charge is 2.19. The van der Waals surface area contributed by atoms with Crippen LogP contribution in [-0.4, -0.2) is 24.2 Å². The summed E-state index contributed by atoms with van der Waals surface area (Å²) in [5, 5.41) is 2.66. The van der Waals surface area contributed by atoms with E-state index in [1.165, 1.54) is 6.20 Å². The van der Waals surface area contributed by atoms with E-state index in [2.05, 4.69) is 5.32 Å². The Hall–Kier alpha value is -3.22. The van der Waals surface area contributed by atoms with Crippen LogP contribution in [0.3, 0.4) is 0 Å². The van der Waals surface area contributed by atoms with E-state index in [4.69, 9.17) is 10.5 Å². The maximum atomic E-state index is 12.4. The van der Waals surface area contributed by atoms with E-state index in [0.29, 0.717) is 22.6 Å². The van der Waals surface area contributed by atoms with Crippen LogP contribution in [0, 0.1) is 0 Å². The van der Waals surface area contributed by atoms with Gasteiger partial charge in [0.25, 0.3) is 11.8 Å². The molecule has 2 aromatic rings. The summed E-state index contributed by atoms with van der Waals surface area (Å²) in [5.74, 6) is -0.449. The van der Waals surface area contributed by atoms with Crippen molar-refractivity contribution in [2.75, 3.05) is 11.9 Å². The van der Waals surface area contributed by atoms with Crippen molar-refractivity contribution in [1.29, 1.82) is 0 Å². The van der Waals surface area contributed by atoms with Crippen LogP contribution in [0.4, 0.5) is 5.69 Å². The van der Waals surface area contributed by atoms with E-state index in [1.807, 2.05) is 0 Å². The lowest BCUT2D eigenvalue weighted by Gasteiger charge is -2.18. The molecule has 1 aliphatic heterocycles. The number of fused-ring (bicyclic) bond motifs is 1. The Morgan fingerprint density at radius 2 is 2.09 bits per heavy atom. The first-order valence-electron chi connectivity index (χ1n) is 6.92. The minimum Gasteiger partial charge on any atom is -0.482 e. The standard InChI is InChI=1S/C16H13N3O4/c17-16(22)11-2-1-5-19(7-11)8-13(20)10-3-4-14-12(6-10)18-15(21)9-23-14/h1-7H,8-9H2,(H2-,17,18,21,22)/p+1. The maximum absolute atomic E-state index is 12.4. The Bertz CT molecular complexity index is 817. The topological polar surface area (TPSA) is 102 Å². The first-order chi connectivity index (χ1) is 11.0. The highest BCUT2D eigenvalue weighted by Crippen LogP contribution is 2.28. The van der Waals surface area contributed by atoms with Crippen molar-refractivity contribution in [3.63, 3.8) is 0 Å². The van der Waals surface area contributed by atoms with Crippen LogP contribution in [0.5, 0.6) is 5.75 Å². The maximum Gasteiger partial charge on any atom is 0.262 e. The van der Waals surface area contributed by atoms with Gasteiger partial charge in [0.05, 0.1) is 5.69 Å². The quantitative estimate of drug-likeness (QED) is 0.625. The number of anilines is 1. The summed E-state index contributed by atoms with van der Waals surface area (Å²) >= 11 is 0. The molecule has 3 rings (SSSR count). The molecule has 0 atom stereocenters. The van der Waals surface area contributed by atoms with Gasteiger partial charge < -0.3 is 15.8 Å². The van der Waals surface area contributed by atoms with Gasteiger partial charge in [-0.2, -0.15) is 4.57 Å². The van der Waals surface area contributed by atoms with Gasteiger partial charge in [0.1, 0.15) is 11.3 Å². The van der Waals surface area contributed by atoms with E-state index in [-0.39, 0.29) is 24.8 Å². The molecule has 2 amide bonds. The molecule has 0 aliphatic carbocycles. The SMILES string of the molecule is NC(=O)c1ccc[n+](CC(=O)c2ccc3c(c2)NC(=O)CO3)c1. The summed E-state index contributed by atoms with van der Waals surface area (Å²) in [6.45, 7) is 0.0186. The number of nitrogens with one attached hydrogen (secondary N) is 1. The zero-order valence-corrected chi connectivity index (χ0v) is 12.1. The zero-order chi connectivity index (χ0) is 16.4. The third kappa shape index (κ3) is 3.18. The summed E-state index contributed by atoms with van der Waals surface area (Å²) in [6, 6.07) is 8.08. The van der Waals surface area contributed by atoms with Crippen molar-refractivity contribution in [2.24, 2.45) is 5.73 Å². The third-order valence-corrected chi connectivity index (χ3v) is 3.40. The lowest BCUT2D eigenvalue weighted by molar-refractivity contribution is -0.683. The van der Waals surface area contributed by atoms with Gasteiger partial charge in [0.2, 0.25) is 12.3 Å². The molecule has 1 aliphatic rings. The molecule has 0 spiro atoms. The first-order valence-corrected chi connectivity index (χ1v) is 6.92. The van der Waals surface area contributed by atoms with E-state index in [0.717, 1.165) is 0 Å². The second-order valence-corrected chi connectivity index (χ2v) is 5.10. The van der Waals surface area contributed by atoms with Crippen molar-refractivity contribution in [2.45, 2.75) is 6.54 Å². The predicted octanol–water partition coefficient (Wildman–Crippen LogP) is 0.287. The Balaban J connectivity index is 1.81. The number of aromatic nitrogens is 1. The Kier molecular flexibility index (Phi) is 3.76. The van der Waals surface area contributed by atoms with E-state index in [1.54, 1.807) is 41.1 Å². The Morgan fingerprint density at radius 3 is 2.87 bits per heavy atom. The predicted molar refractivity (Wildman–Crippen MR) is 80.1 cm³/mol. The molecule has 7 nitrogen and oxygen atoms in total. The largest absolute Gasteiger partial charge is 0.482 e. The Labute approximate surface area is 131 Å². The van der Waals surface area contributed by atoms with Crippen LogP contribution in [0.25, 0.3) is 0 Å². The fourth-order valence-electron chi connectivity index (χ4n) is 2.28. The molecule has 0 unspecified atom stereocenters. The molecule has 1 aromatic heterocycles. The monoisotopic (exact) mass is 312 g/mol. The van der Waals surface area contributed by atoms with Crippen LogP contribution in [0.15, 0.2) is 42.7 Å². The highest BCUT2D eigenvalue weighted by atomic mass is 16.5. The van der Waals surface area contributed by atoms with Crippen LogP contribution in [-0.2, 0) is 11.3 Å². The lowest BCUT2D eigenvalue weighted by Crippen LogP contribution is -2.38. The van der Waals surface area contributed by atoms with Gasteiger partial charge in [-0.1, -0.05) is 0 Å². The molecular formula is C16H14N3O4+. The summed E-state index contributed by atoms with van der Waals surface area (Å²) in [4.78, 5) is 34.9. The molecule has 7 heteroatoms. The number of hydrogen-bond acceptors (Lipinski definition) is 4. The van der Waals surface area contributed by atoms with Gasteiger partial charge in [-0.25, -0.2) is 0 Å². The van der Waals surface area contributed by atoms with Crippen LogP contribution in [0.1, 0.15) is 20.7 Å². The normalized spacial score (nSPS) is 12.8. The number of Topliss-reactive ketones (excluding diaryl/α,β-unsaturated/α-hetero) is 1. The first kappa shape index (κ1) is 14.7. The van der Waals surface area contributed by atoms with Gasteiger partial charge >= 0.3 is 0 Å². The van der Waals surface area contributed by atoms with Crippen LogP contribution < -0.4 is 20.4 Å². The highest BCUT2D eigenvalue weighted by molar-refractivity contribution is 6.00. The molecule has 0 fully saturated rings. The second-order valence-electron chi connectivity index (χ2n) is 5.10. The van der Waals surface area contributed by atoms with Gasteiger partial charge in [-0.3, -0.25) is 14.4 Å². The number of hydrogen-bond donors (Lipinski definition) is 2. The Morgan fingerprint density at radius 1 is 1.26 bits per heavy atom. The number of primary amides is 1. The molecule has 2 heterocycles. The lowest BCUT2D eigenvalue weighted by atomic mass is 10.1. The number of ether oxygens (including phenoxy) is 1. The molecular weight excluding hydrogens is 298 g/mol. The minimum absolute atomic E-state index is 0.0317. The summed E-state index contributed by atoms with van der Waals surface area (Å²) in [6.07, 6.45) is 3.19. The van der Waals surface area contributed by atoms with Crippen molar-refractivity contribution in [1.82, 2.24) is 0 Å². The number of amides is 2. The molecule has 3 N–H and O–H groups in total. The molecule has 116 valence electrons. The molecule has 23 heavy (non-hydrogen) atoms. The average molecular weight is 312 g/mol. The number of ketones is 1. The number of carbonyl (C=O) groups excluding carboxylic acids is 3. The number of carbonyl (C=O) groups is 3. The van der Waals surface area contributed by atoms with Gasteiger partial charge in [0, 0.05) is 11.6 Å². The smallest absolute Gasteiger partial charge is 0.262 e. The van der Waals surface area contributed by atoms with Gasteiger partial charge in [-0.05, 0) is 24.3 Å². The molecule has 0 saturated carbocycles. The number of rotatable bonds is 4. The van der Waals surface area contributed by atoms with E-state index in [9.17, 15) is 14.4 Å². The van der Waals surface area contributed by atoms with Crippen LogP contribution in [0.2, 0.25) is 0 Å². The van der Waals surface area contributed by atoms with Crippen molar-refractivity contribution < 1.29 is 23.7 Å².